The van der Waals surface area contributed by atoms with Crippen LogP contribution >= 0.6 is 0 Å². The Hall–Kier alpha value is -1.79. The first-order valence-corrected chi connectivity index (χ1v) is 17.9. The van der Waals surface area contributed by atoms with Gasteiger partial charge in [0, 0.05) is 18.2 Å². The van der Waals surface area contributed by atoms with Crippen molar-refractivity contribution >= 4 is 22.5 Å². The Kier molecular flexibility index (Phi) is 10.3. The normalized spacial score (nSPS) is 13.6. The number of benzene rings is 1. The van der Waals surface area contributed by atoms with Gasteiger partial charge in [-0.15, -0.1) is 6.58 Å². The largest absolute Gasteiger partial charge is 0.544 e. The van der Waals surface area contributed by atoms with Crippen LogP contribution in [0.25, 0.3) is 0 Å². The Morgan fingerprint density at radius 1 is 1.12 bits per heavy atom. The SMILES string of the molecule is C=CCc1cc(O[Si](C)(C)C)ccc1OCC(CN(C(=O)C(F)(F)F)C(C)C)O[Si](C)(C)C. The molecule has 0 bridgehead atoms. The maximum atomic E-state index is 13.1. The summed E-state index contributed by atoms with van der Waals surface area (Å²) in [4.78, 5) is 12.8. The van der Waals surface area contributed by atoms with E-state index in [2.05, 4.69) is 26.2 Å². The van der Waals surface area contributed by atoms with Crippen molar-refractivity contribution in [1.82, 2.24) is 4.90 Å². The van der Waals surface area contributed by atoms with Crippen molar-refractivity contribution in [3.05, 3.63) is 36.4 Å². The second kappa shape index (κ2) is 11.6. The molecule has 5 nitrogen and oxygen atoms in total. The average molecular weight is 506 g/mol. The number of allylic oxidation sites excluding steroid dienone is 1. The summed E-state index contributed by atoms with van der Waals surface area (Å²) in [5, 5.41) is 0. The first kappa shape index (κ1) is 29.2. The van der Waals surface area contributed by atoms with E-state index in [0.29, 0.717) is 12.2 Å². The summed E-state index contributed by atoms with van der Waals surface area (Å²) in [6, 6.07) is 4.88. The van der Waals surface area contributed by atoms with Gasteiger partial charge in [-0.1, -0.05) is 6.08 Å². The summed E-state index contributed by atoms with van der Waals surface area (Å²) >= 11 is 0. The molecule has 33 heavy (non-hydrogen) atoms. The molecule has 0 radical (unpaired) electrons. The van der Waals surface area contributed by atoms with Gasteiger partial charge in [-0.2, -0.15) is 13.2 Å². The molecule has 0 saturated heterocycles. The van der Waals surface area contributed by atoms with Crippen molar-refractivity contribution in [2.75, 3.05) is 13.2 Å². The minimum atomic E-state index is -4.95. The number of hydrogen-bond acceptors (Lipinski definition) is 4. The van der Waals surface area contributed by atoms with Crippen molar-refractivity contribution in [3.63, 3.8) is 0 Å². The van der Waals surface area contributed by atoms with Crippen molar-refractivity contribution in [2.45, 2.75) is 77.9 Å². The number of halogens is 3. The molecule has 1 aromatic rings. The van der Waals surface area contributed by atoms with Crippen LogP contribution in [-0.2, 0) is 15.6 Å². The van der Waals surface area contributed by atoms with Crippen LogP contribution in [0.3, 0.4) is 0 Å². The smallest absolute Gasteiger partial charge is 0.471 e. The van der Waals surface area contributed by atoms with E-state index in [0.717, 1.165) is 16.2 Å². The van der Waals surface area contributed by atoms with Gasteiger partial charge in [-0.3, -0.25) is 4.79 Å². The highest BCUT2D eigenvalue weighted by Crippen LogP contribution is 2.28. The lowest BCUT2D eigenvalue weighted by Crippen LogP contribution is -2.51. The number of hydrogen-bond donors (Lipinski definition) is 0. The van der Waals surface area contributed by atoms with Gasteiger partial charge in [0.1, 0.15) is 18.1 Å². The maximum absolute atomic E-state index is 13.1. The highest BCUT2D eigenvalue weighted by molar-refractivity contribution is 6.70. The second-order valence-corrected chi connectivity index (χ2v) is 19.1. The van der Waals surface area contributed by atoms with E-state index in [1.165, 1.54) is 0 Å². The van der Waals surface area contributed by atoms with Crippen molar-refractivity contribution in [1.29, 1.82) is 0 Å². The third kappa shape index (κ3) is 10.8. The van der Waals surface area contributed by atoms with Gasteiger partial charge in [0.15, 0.2) is 8.32 Å². The number of nitrogens with zero attached hydrogens (tertiary/aromatic N) is 1. The van der Waals surface area contributed by atoms with Crippen LogP contribution in [0.4, 0.5) is 13.2 Å². The van der Waals surface area contributed by atoms with E-state index < -0.39 is 40.9 Å². The molecular formula is C23H38F3NO4Si2. The van der Waals surface area contributed by atoms with Crippen molar-refractivity contribution in [2.24, 2.45) is 0 Å². The Labute approximate surface area is 198 Å². The van der Waals surface area contributed by atoms with Gasteiger partial charge in [-0.25, -0.2) is 0 Å². The average Bonchev–Trinajstić information content (AvgIpc) is 2.61. The Morgan fingerprint density at radius 2 is 1.73 bits per heavy atom. The van der Waals surface area contributed by atoms with Crippen LogP contribution in [0.15, 0.2) is 30.9 Å². The third-order valence-electron chi connectivity index (χ3n) is 4.29. The number of alkyl halides is 3. The molecule has 0 aliphatic rings. The number of amides is 1. The fraction of sp³-hybridized carbons (Fsp3) is 0.609. The van der Waals surface area contributed by atoms with Crippen LogP contribution in [0.1, 0.15) is 19.4 Å². The van der Waals surface area contributed by atoms with E-state index in [1.807, 2.05) is 31.8 Å². The zero-order valence-electron chi connectivity index (χ0n) is 21.0. The third-order valence-corrected chi connectivity index (χ3v) is 6.18. The van der Waals surface area contributed by atoms with Crippen LogP contribution in [0, 0.1) is 0 Å². The fourth-order valence-corrected chi connectivity index (χ4v) is 5.12. The zero-order chi connectivity index (χ0) is 25.6. The van der Waals surface area contributed by atoms with Crippen molar-refractivity contribution in [3.8, 4) is 11.5 Å². The summed E-state index contributed by atoms with van der Waals surface area (Å²) in [5.41, 5.74) is 0.861. The lowest BCUT2D eigenvalue weighted by molar-refractivity contribution is -0.188. The van der Waals surface area contributed by atoms with E-state index in [1.54, 1.807) is 26.0 Å². The molecule has 1 aromatic carbocycles. The van der Waals surface area contributed by atoms with Gasteiger partial charge in [0.05, 0.1) is 6.10 Å². The molecule has 1 rings (SSSR count). The Morgan fingerprint density at radius 3 is 2.18 bits per heavy atom. The second-order valence-electron chi connectivity index (χ2n) is 10.2. The van der Waals surface area contributed by atoms with Gasteiger partial charge < -0.3 is 18.5 Å². The number of carbonyl (C=O) groups excluding carboxylic acids is 1. The lowest BCUT2D eigenvalue weighted by atomic mass is 10.1. The molecule has 0 N–H and O–H groups in total. The van der Waals surface area contributed by atoms with E-state index in [4.69, 9.17) is 13.6 Å². The zero-order valence-corrected chi connectivity index (χ0v) is 23.0. The fourth-order valence-electron chi connectivity index (χ4n) is 3.15. The summed E-state index contributed by atoms with van der Waals surface area (Å²) in [7, 11) is -3.93. The summed E-state index contributed by atoms with van der Waals surface area (Å²) in [5.74, 6) is -0.544. The van der Waals surface area contributed by atoms with E-state index in [9.17, 15) is 18.0 Å². The molecule has 0 aliphatic carbocycles. The van der Waals surface area contributed by atoms with Crippen LogP contribution in [-0.4, -0.2) is 58.9 Å². The molecule has 1 unspecified atom stereocenters. The highest BCUT2D eigenvalue weighted by Gasteiger charge is 2.44. The molecule has 1 amide bonds. The quantitative estimate of drug-likeness (QED) is 0.257. The minimum Gasteiger partial charge on any atom is -0.544 e. The van der Waals surface area contributed by atoms with Gasteiger partial charge in [0.25, 0.3) is 0 Å². The molecule has 0 spiro atoms. The predicted molar refractivity (Wildman–Crippen MR) is 131 cm³/mol. The predicted octanol–water partition coefficient (Wildman–Crippen LogP) is 6.03. The summed E-state index contributed by atoms with van der Waals surface area (Å²) in [6.07, 6.45) is -3.36. The Bertz CT molecular complexity index is 802. The summed E-state index contributed by atoms with van der Waals surface area (Å²) in [6.45, 7) is 18.8. The van der Waals surface area contributed by atoms with Crippen molar-refractivity contribution < 1.29 is 31.6 Å². The van der Waals surface area contributed by atoms with Gasteiger partial charge in [-0.05, 0) is 77.7 Å². The highest BCUT2D eigenvalue weighted by atomic mass is 28.4. The van der Waals surface area contributed by atoms with Gasteiger partial charge in [0.2, 0.25) is 8.32 Å². The summed E-state index contributed by atoms with van der Waals surface area (Å²) < 4.78 is 57.5. The Balaban J connectivity index is 3.12. The maximum Gasteiger partial charge on any atom is 0.471 e. The lowest BCUT2D eigenvalue weighted by Gasteiger charge is -2.34. The molecule has 0 fully saturated rings. The first-order chi connectivity index (χ1) is 14.9. The van der Waals surface area contributed by atoms with E-state index in [-0.39, 0.29) is 13.2 Å². The molecule has 188 valence electrons. The topological polar surface area (TPSA) is 48.0 Å². The molecule has 0 aliphatic heterocycles. The number of ether oxygens (including phenoxy) is 1. The first-order valence-electron chi connectivity index (χ1n) is 11.0. The molecule has 10 heteroatoms. The molecular weight excluding hydrogens is 467 g/mol. The van der Waals surface area contributed by atoms with Crippen LogP contribution < -0.4 is 9.16 Å². The number of carbonyl (C=O) groups is 1. The standard InChI is InChI=1S/C23H38F3NO4Si2/c1-10-11-18-14-19(30-32(4,5)6)12-13-21(18)29-16-20(31-33(7,8)9)15-27(17(2)3)22(28)23(24,25)26/h10,12-14,17,20H,1,11,15-16H2,2-9H3. The molecule has 1 atom stereocenters. The van der Waals surface area contributed by atoms with Crippen LogP contribution in [0.2, 0.25) is 39.3 Å². The van der Waals surface area contributed by atoms with Crippen LogP contribution in [0.5, 0.6) is 11.5 Å². The molecule has 0 aromatic heterocycles. The molecule has 0 saturated carbocycles. The molecule has 0 heterocycles. The minimum absolute atomic E-state index is 0.0109. The monoisotopic (exact) mass is 505 g/mol. The number of rotatable bonds is 12. The van der Waals surface area contributed by atoms with E-state index >= 15 is 0 Å². The van der Waals surface area contributed by atoms with Gasteiger partial charge >= 0.3 is 12.1 Å².